The van der Waals surface area contributed by atoms with Gasteiger partial charge >= 0.3 is 0 Å². The molecular weight excluding hydrogens is 283 g/mol. The third-order valence-corrected chi connectivity index (χ3v) is 3.26. The minimum Gasteiger partial charge on any atom is -0.496 e. The van der Waals surface area contributed by atoms with Gasteiger partial charge < -0.3 is 10.1 Å². The molecule has 5 heteroatoms. The van der Waals surface area contributed by atoms with Crippen LogP contribution in [0.2, 0.25) is 0 Å². The zero-order chi connectivity index (χ0) is 15.5. The fraction of sp³-hybridized carbons (Fsp3) is 0.0588. The van der Waals surface area contributed by atoms with Gasteiger partial charge in [-0.15, -0.1) is 0 Å². The molecule has 0 saturated heterocycles. The van der Waals surface area contributed by atoms with Crippen molar-refractivity contribution in [1.82, 2.24) is 5.32 Å². The SMILES string of the molecule is COc1ccccc1C1=N/C(=C\c2ccccc2F)C(=O)N1. The molecule has 0 aromatic heterocycles. The summed E-state index contributed by atoms with van der Waals surface area (Å²) >= 11 is 0. The fourth-order valence-corrected chi connectivity index (χ4v) is 2.18. The van der Waals surface area contributed by atoms with Gasteiger partial charge in [0.25, 0.3) is 5.91 Å². The van der Waals surface area contributed by atoms with E-state index in [9.17, 15) is 9.18 Å². The molecule has 4 nitrogen and oxygen atoms in total. The maximum absolute atomic E-state index is 13.7. The Kier molecular flexibility index (Phi) is 3.70. The summed E-state index contributed by atoms with van der Waals surface area (Å²) in [6.45, 7) is 0. The number of carbonyl (C=O) groups excluding carboxylic acids is 1. The van der Waals surface area contributed by atoms with Gasteiger partial charge in [0.15, 0.2) is 0 Å². The smallest absolute Gasteiger partial charge is 0.275 e. The third-order valence-electron chi connectivity index (χ3n) is 3.26. The number of carbonyl (C=O) groups is 1. The van der Waals surface area contributed by atoms with Crippen LogP contribution in [0.15, 0.2) is 59.2 Å². The summed E-state index contributed by atoms with van der Waals surface area (Å²) in [4.78, 5) is 16.3. The molecular formula is C17H13FN2O2. The topological polar surface area (TPSA) is 50.7 Å². The number of aliphatic imine (C=N–C) groups is 1. The first-order chi connectivity index (χ1) is 10.7. The number of rotatable bonds is 3. The van der Waals surface area contributed by atoms with E-state index in [-0.39, 0.29) is 11.6 Å². The first-order valence-corrected chi connectivity index (χ1v) is 6.68. The Balaban J connectivity index is 2.00. The highest BCUT2D eigenvalue weighted by Gasteiger charge is 2.23. The van der Waals surface area contributed by atoms with Crippen LogP contribution in [-0.4, -0.2) is 18.9 Å². The highest BCUT2D eigenvalue weighted by atomic mass is 19.1. The minimum absolute atomic E-state index is 0.158. The van der Waals surface area contributed by atoms with Crippen molar-refractivity contribution in [2.24, 2.45) is 4.99 Å². The number of nitrogens with one attached hydrogen (secondary N) is 1. The Morgan fingerprint density at radius 2 is 1.86 bits per heavy atom. The monoisotopic (exact) mass is 296 g/mol. The number of methoxy groups -OCH3 is 1. The quantitative estimate of drug-likeness (QED) is 0.885. The first kappa shape index (κ1) is 14.0. The van der Waals surface area contributed by atoms with E-state index in [4.69, 9.17) is 4.74 Å². The van der Waals surface area contributed by atoms with E-state index in [1.807, 2.05) is 12.1 Å². The predicted molar refractivity (Wildman–Crippen MR) is 82.1 cm³/mol. The molecule has 1 heterocycles. The van der Waals surface area contributed by atoms with Crippen molar-refractivity contribution in [3.63, 3.8) is 0 Å². The second-order valence-corrected chi connectivity index (χ2v) is 4.67. The average Bonchev–Trinajstić information content (AvgIpc) is 2.90. The maximum Gasteiger partial charge on any atom is 0.275 e. The van der Waals surface area contributed by atoms with Crippen molar-refractivity contribution in [3.8, 4) is 5.75 Å². The molecule has 2 aromatic rings. The highest BCUT2D eigenvalue weighted by molar-refractivity contribution is 6.20. The molecule has 0 unspecified atom stereocenters. The number of hydrogen-bond acceptors (Lipinski definition) is 3. The number of halogens is 1. The van der Waals surface area contributed by atoms with Crippen LogP contribution >= 0.6 is 0 Å². The van der Waals surface area contributed by atoms with Gasteiger partial charge in [0.1, 0.15) is 23.1 Å². The van der Waals surface area contributed by atoms with Crippen LogP contribution in [0.3, 0.4) is 0 Å². The molecule has 0 aliphatic carbocycles. The van der Waals surface area contributed by atoms with Gasteiger partial charge in [0, 0.05) is 5.56 Å². The molecule has 2 aromatic carbocycles. The lowest BCUT2D eigenvalue weighted by Crippen LogP contribution is -2.25. The number of ether oxygens (including phenoxy) is 1. The minimum atomic E-state index is -0.399. The molecule has 0 radical (unpaired) electrons. The van der Waals surface area contributed by atoms with Crippen LogP contribution in [0.5, 0.6) is 5.75 Å². The van der Waals surface area contributed by atoms with E-state index in [1.165, 1.54) is 12.1 Å². The van der Waals surface area contributed by atoms with Crippen LogP contribution < -0.4 is 10.1 Å². The standard InChI is InChI=1S/C17H13FN2O2/c1-22-15-9-5-3-7-12(15)16-19-14(17(21)20-16)10-11-6-2-4-8-13(11)18/h2-10H,1H3,(H,19,20,21)/b14-10-. The molecule has 1 N–H and O–H groups in total. The summed E-state index contributed by atoms with van der Waals surface area (Å²) in [6.07, 6.45) is 1.42. The maximum atomic E-state index is 13.7. The van der Waals surface area contributed by atoms with E-state index in [2.05, 4.69) is 10.3 Å². The second kappa shape index (κ2) is 5.81. The average molecular weight is 296 g/mol. The molecule has 1 aliphatic heterocycles. The van der Waals surface area contributed by atoms with Gasteiger partial charge in [0.2, 0.25) is 0 Å². The number of hydrogen-bond donors (Lipinski definition) is 1. The van der Waals surface area contributed by atoms with E-state index in [0.717, 1.165) is 0 Å². The molecule has 0 saturated carbocycles. The molecule has 0 fully saturated rings. The third kappa shape index (κ3) is 2.61. The van der Waals surface area contributed by atoms with E-state index in [1.54, 1.807) is 37.4 Å². The van der Waals surface area contributed by atoms with E-state index in [0.29, 0.717) is 22.7 Å². The second-order valence-electron chi connectivity index (χ2n) is 4.67. The van der Waals surface area contributed by atoms with Gasteiger partial charge in [-0.05, 0) is 24.3 Å². The Hall–Kier alpha value is -2.95. The van der Waals surface area contributed by atoms with E-state index < -0.39 is 5.82 Å². The lowest BCUT2D eigenvalue weighted by Gasteiger charge is -2.06. The zero-order valence-corrected chi connectivity index (χ0v) is 11.8. The summed E-state index contributed by atoms with van der Waals surface area (Å²) in [5.41, 5.74) is 1.15. The lowest BCUT2D eigenvalue weighted by atomic mass is 10.2. The normalized spacial score (nSPS) is 15.6. The number of nitrogens with zero attached hydrogens (tertiary/aromatic N) is 1. The highest BCUT2D eigenvalue weighted by Crippen LogP contribution is 2.22. The molecule has 0 bridgehead atoms. The van der Waals surface area contributed by atoms with Crippen molar-refractivity contribution < 1.29 is 13.9 Å². The van der Waals surface area contributed by atoms with Crippen LogP contribution in [0, 0.1) is 5.82 Å². The lowest BCUT2D eigenvalue weighted by molar-refractivity contribution is -0.115. The number of amidine groups is 1. The Labute approximate surface area is 127 Å². The first-order valence-electron chi connectivity index (χ1n) is 6.68. The Morgan fingerprint density at radius 3 is 2.64 bits per heavy atom. The predicted octanol–water partition coefficient (Wildman–Crippen LogP) is 2.75. The molecule has 110 valence electrons. The van der Waals surface area contributed by atoms with Crippen molar-refractivity contribution in [2.45, 2.75) is 0 Å². The summed E-state index contributed by atoms with van der Waals surface area (Å²) in [5.74, 6) is 0.228. The van der Waals surface area contributed by atoms with Gasteiger partial charge in [-0.1, -0.05) is 30.3 Å². The number of para-hydroxylation sites is 1. The largest absolute Gasteiger partial charge is 0.496 e. The van der Waals surface area contributed by atoms with Crippen molar-refractivity contribution in [2.75, 3.05) is 7.11 Å². The van der Waals surface area contributed by atoms with Crippen molar-refractivity contribution in [1.29, 1.82) is 0 Å². The van der Waals surface area contributed by atoms with Crippen LogP contribution in [0.1, 0.15) is 11.1 Å². The number of amides is 1. The molecule has 0 spiro atoms. The van der Waals surface area contributed by atoms with Crippen molar-refractivity contribution >= 4 is 17.8 Å². The van der Waals surface area contributed by atoms with Gasteiger partial charge in [-0.25, -0.2) is 9.38 Å². The van der Waals surface area contributed by atoms with Crippen LogP contribution in [-0.2, 0) is 4.79 Å². The molecule has 1 aliphatic rings. The summed E-state index contributed by atoms with van der Waals surface area (Å²) in [6, 6.07) is 13.5. The summed E-state index contributed by atoms with van der Waals surface area (Å²) in [5, 5.41) is 2.68. The fourth-order valence-electron chi connectivity index (χ4n) is 2.18. The zero-order valence-electron chi connectivity index (χ0n) is 11.8. The van der Waals surface area contributed by atoms with Crippen LogP contribution in [0.4, 0.5) is 4.39 Å². The van der Waals surface area contributed by atoms with Crippen molar-refractivity contribution in [3.05, 3.63) is 71.2 Å². The summed E-state index contributed by atoms with van der Waals surface area (Å²) < 4.78 is 18.9. The molecule has 1 amide bonds. The molecule has 3 rings (SSSR count). The Morgan fingerprint density at radius 1 is 1.14 bits per heavy atom. The van der Waals surface area contributed by atoms with Gasteiger partial charge in [-0.3, -0.25) is 4.79 Å². The number of benzene rings is 2. The van der Waals surface area contributed by atoms with E-state index >= 15 is 0 Å². The summed E-state index contributed by atoms with van der Waals surface area (Å²) in [7, 11) is 1.55. The Bertz CT molecular complexity index is 797. The molecule has 0 atom stereocenters. The van der Waals surface area contributed by atoms with Gasteiger partial charge in [-0.2, -0.15) is 0 Å². The molecule has 22 heavy (non-hydrogen) atoms. The van der Waals surface area contributed by atoms with Crippen LogP contribution in [0.25, 0.3) is 6.08 Å². The van der Waals surface area contributed by atoms with Gasteiger partial charge in [0.05, 0.1) is 12.7 Å².